The first-order valence-electron chi connectivity index (χ1n) is 6.89. The fourth-order valence-corrected chi connectivity index (χ4v) is 2.87. The van der Waals surface area contributed by atoms with Crippen LogP contribution in [0.1, 0.15) is 17.0 Å². The summed E-state index contributed by atoms with van der Waals surface area (Å²) in [5.74, 6) is 0.787. The zero-order chi connectivity index (χ0) is 14.5. The SMILES string of the molecule is Nc1ncc(CCCc2ccnc(-c3ccccc3)n2)s1. The highest BCUT2D eigenvalue weighted by Crippen LogP contribution is 2.18. The van der Waals surface area contributed by atoms with E-state index in [2.05, 4.69) is 15.0 Å². The molecule has 0 spiro atoms. The Kier molecular flexibility index (Phi) is 4.21. The third-order valence-electron chi connectivity index (χ3n) is 3.17. The Morgan fingerprint density at radius 1 is 1.00 bits per heavy atom. The third kappa shape index (κ3) is 3.64. The van der Waals surface area contributed by atoms with E-state index < -0.39 is 0 Å². The van der Waals surface area contributed by atoms with Crippen LogP contribution in [0.2, 0.25) is 0 Å². The van der Waals surface area contributed by atoms with Crippen molar-refractivity contribution in [3.05, 3.63) is 59.4 Å². The molecule has 106 valence electrons. The van der Waals surface area contributed by atoms with E-state index in [1.807, 2.05) is 48.8 Å². The Morgan fingerprint density at radius 2 is 1.86 bits per heavy atom. The molecule has 0 saturated heterocycles. The zero-order valence-electron chi connectivity index (χ0n) is 11.6. The van der Waals surface area contributed by atoms with Crippen molar-refractivity contribution in [1.29, 1.82) is 0 Å². The van der Waals surface area contributed by atoms with Crippen molar-refractivity contribution in [2.75, 3.05) is 5.73 Å². The summed E-state index contributed by atoms with van der Waals surface area (Å²) in [6, 6.07) is 12.0. The summed E-state index contributed by atoms with van der Waals surface area (Å²) in [5, 5.41) is 0.637. The van der Waals surface area contributed by atoms with E-state index in [9.17, 15) is 0 Å². The summed E-state index contributed by atoms with van der Waals surface area (Å²) in [4.78, 5) is 14.3. The van der Waals surface area contributed by atoms with Crippen LogP contribution in [0.15, 0.2) is 48.8 Å². The van der Waals surface area contributed by atoms with Crippen LogP contribution in [-0.2, 0) is 12.8 Å². The molecule has 21 heavy (non-hydrogen) atoms. The number of benzene rings is 1. The lowest BCUT2D eigenvalue weighted by Crippen LogP contribution is -1.96. The van der Waals surface area contributed by atoms with E-state index in [0.717, 1.165) is 36.3 Å². The van der Waals surface area contributed by atoms with Gasteiger partial charge in [0, 0.05) is 28.5 Å². The van der Waals surface area contributed by atoms with E-state index in [0.29, 0.717) is 5.13 Å². The molecule has 0 radical (unpaired) electrons. The second kappa shape index (κ2) is 6.45. The second-order valence-corrected chi connectivity index (χ2v) is 5.90. The highest BCUT2D eigenvalue weighted by atomic mass is 32.1. The maximum absolute atomic E-state index is 5.63. The third-order valence-corrected chi connectivity index (χ3v) is 4.06. The van der Waals surface area contributed by atoms with Crippen molar-refractivity contribution in [2.24, 2.45) is 0 Å². The van der Waals surface area contributed by atoms with E-state index in [4.69, 9.17) is 5.73 Å². The van der Waals surface area contributed by atoms with Crippen LogP contribution >= 0.6 is 11.3 Å². The van der Waals surface area contributed by atoms with Crippen LogP contribution in [-0.4, -0.2) is 15.0 Å². The van der Waals surface area contributed by atoms with Gasteiger partial charge in [-0.05, 0) is 25.3 Å². The lowest BCUT2D eigenvalue weighted by Gasteiger charge is -2.03. The maximum atomic E-state index is 5.63. The first-order valence-corrected chi connectivity index (χ1v) is 7.70. The molecule has 0 unspecified atom stereocenters. The number of aryl methyl sites for hydroxylation is 2. The van der Waals surface area contributed by atoms with Gasteiger partial charge in [-0.1, -0.05) is 30.3 Å². The molecular weight excluding hydrogens is 280 g/mol. The van der Waals surface area contributed by atoms with Crippen LogP contribution in [0.3, 0.4) is 0 Å². The monoisotopic (exact) mass is 296 g/mol. The predicted octanol–water partition coefficient (Wildman–Crippen LogP) is 3.36. The van der Waals surface area contributed by atoms with Gasteiger partial charge in [0.1, 0.15) is 0 Å². The van der Waals surface area contributed by atoms with Crippen LogP contribution in [0.25, 0.3) is 11.4 Å². The molecule has 3 aromatic rings. The molecule has 0 amide bonds. The fraction of sp³-hybridized carbons (Fsp3) is 0.188. The number of nitrogens with two attached hydrogens (primary N) is 1. The predicted molar refractivity (Wildman–Crippen MR) is 86.0 cm³/mol. The molecule has 2 N–H and O–H groups in total. The molecule has 4 nitrogen and oxygen atoms in total. The van der Waals surface area contributed by atoms with E-state index in [1.54, 1.807) is 11.3 Å². The van der Waals surface area contributed by atoms with Crippen molar-refractivity contribution in [1.82, 2.24) is 15.0 Å². The van der Waals surface area contributed by atoms with Gasteiger partial charge < -0.3 is 5.73 Å². The molecule has 2 heterocycles. The average Bonchev–Trinajstić information content (AvgIpc) is 2.94. The normalized spacial score (nSPS) is 10.7. The van der Waals surface area contributed by atoms with Gasteiger partial charge in [-0.25, -0.2) is 15.0 Å². The van der Waals surface area contributed by atoms with Gasteiger partial charge >= 0.3 is 0 Å². The molecule has 3 rings (SSSR count). The molecule has 0 atom stereocenters. The number of hydrogen-bond acceptors (Lipinski definition) is 5. The van der Waals surface area contributed by atoms with Crippen molar-refractivity contribution in [2.45, 2.75) is 19.3 Å². The van der Waals surface area contributed by atoms with E-state index in [1.165, 1.54) is 4.88 Å². The van der Waals surface area contributed by atoms with Crippen molar-refractivity contribution in [3.8, 4) is 11.4 Å². The van der Waals surface area contributed by atoms with Crippen LogP contribution in [0.5, 0.6) is 0 Å². The Morgan fingerprint density at radius 3 is 2.62 bits per heavy atom. The number of nitrogens with zero attached hydrogens (tertiary/aromatic N) is 3. The minimum absolute atomic E-state index is 0.637. The van der Waals surface area contributed by atoms with Gasteiger partial charge in [-0.15, -0.1) is 11.3 Å². The lowest BCUT2D eigenvalue weighted by atomic mass is 10.1. The Labute approximate surface area is 127 Å². The van der Waals surface area contributed by atoms with Gasteiger partial charge in [0.05, 0.1) is 0 Å². The number of nitrogen functional groups attached to an aromatic ring is 1. The highest BCUT2D eigenvalue weighted by molar-refractivity contribution is 7.15. The Bertz CT molecular complexity index is 709. The smallest absolute Gasteiger partial charge is 0.180 e. The first kappa shape index (κ1) is 13.7. The largest absolute Gasteiger partial charge is 0.375 e. The van der Waals surface area contributed by atoms with Gasteiger partial charge in [0.25, 0.3) is 0 Å². The number of hydrogen-bond donors (Lipinski definition) is 1. The molecule has 0 bridgehead atoms. The Hall–Kier alpha value is -2.27. The van der Waals surface area contributed by atoms with Gasteiger partial charge in [-0.2, -0.15) is 0 Å². The Balaban J connectivity index is 1.64. The maximum Gasteiger partial charge on any atom is 0.180 e. The molecule has 0 aliphatic heterocycles. The average molecular weight is 296 g/mol. The van der Waals surface area contributed by atoms with Crippen LogP contribution in [0.4, 0.5) is 5.13 Å². The molecule has 1 aromatic carbocycles. The second-order valence-electron chi connectivity index (χ2n) is 4.76. The van der Waals surface area contributed by atoms with E-state index in [-0.39, 0.29) is 0 Å². The highest BCUT2D eigenvalue weighted by Gasteiger charge is 2.03. The summed E-state index contributed by atoms with van der Waals surface area (Å²) in [7, 11) is 0. The summed E-state index contributed by atoms with van der Waals surface area (Å²) in [6.45, 7) is 0. The minimum atomic E-state index is 0.637. The van der Waals surface area contributed by atoms with Gasteiger partial charge in [-0.3, -0.25) is 0 Å². The molecule has 2 aromatic heterocycles. The molecule has 0 fully saturated rings. The van der Waals surface area contributed by atoms with Crippen molar-refractivity contribution < 1.29 is 0 Å². The number of aromatic nitrogens is 3. The summed E-state index contributed by atoms with van der Waals surface area (Å²) >= 11 is 1.56. The standard InChI is InChI=1S/C16H16N4S/c17-16-19-11-14(21-16)8-4-7-13-9-10-18-15(20-13)12-5-2-1-3-6-12/h1-3,5-6,9-11H,4,7-8H2,(H2,17,19). The fourth-order valence-electron chi connectivity index (χ4n) is 2.14. The summed E-state index contributed by atoms with van der Waals surface area (Å²) in [6.07, 6.45) is 6.64. The molecule has 0 aliphatic carbocycles. The van der Waals surface area contributed by atoms with Gasteiger partial charge in [0.2, 0.25) is 0 Å². The number of thiazole rings is 1. The first-order chi connectivity index (χ1) is 10.3. The molecule has 0 aliphatic rings. The van der Waals surface area contributed by atoms with Crippen LogP contribution in [0, 0.1) is 0 Å². The molecular formula is C16H16N4S. The zero-order valence-corrected chi connectivity index (χ0v) is 12.4. The molecule has 0 saturated carbocycles. The number of rotatable bonds is 5. The summed E-state index contributed by atoms with van der Waals surface area (Å²) < 4.78 is 0. The lowest BCUT2D eigenvalue weighted by molar-refractivity contribution is 0.803. The minimum Gasteiger partial charge on any atom is -0.375 e. The van der Waals surface area contributed by atoms with Crippen molar-refractivity contribution in [3.63, 3.8) is 0 Å². The van der Waals surface area contributed by atoms with Gasteiger partial charge in [0.15, 0.2) is 11.0 Å². The van der Waals surface area contributed by atoms with Crippen LogP contribution < -0.4 is 5.73 Å². The van der Waals surface area contributed by atoms with Crippen molar-refractivity contribution >= 4 is 16.5 Å². The topological polar surface area (TPSA) is 64.7 Å². The molecule has 5 heteroatoms. The number of anilines is 1. The summed E-state index contributed by atoms with van der Waals surface area (Å²) in [5.41, 5.74) is 7.75. The van der Waals surface area contributed by atoms with E-state index >= 15 is 0 Å². The quantitative estimate of drug-likeness (QED) is 0.784.